The Morgan fingerprint density at radius 1 is 1.13 bits per heavy atom. The maximum atomic E-state index is 13.1. The Balaban J connectivity index is 1.91. The van der Waals surface area contributed by atoms with Crippen LogP contribution in [0.3, 0.4) is 0 Å². The molecule has 2 aromatic rings. The van der Waals surface area contributed by atoms with Crippen molar-refractivity contribution in [3.05, 3.63) is 36.7 Å². The monoisotopic (exact) mass is 334 g/mol. The summed E-state index contributed by atoms with van der Waals surface area (Å²) >= 11 is 0. The van der Waals surface area contributed by atoms with Crippen LogP contribution >= 0.6 is 0 Å². The smallest absolute Gasteiger partial charge is 0.243 e. The van der Waals surface area contributed by atoms with Gasteiger partial charge in [0, 0.05) is 55.9 Å². The van der Waals surface area contributed by atoms with Crippen LogP contribution in [0.25, 0.3) is 10.8 Å². The molecule has 0 saturated carbocycles. The van der Waals surface area contributed by atoms with Gasteiger partial charge >= 0.3 is 0 Å². The van der Waals surface area contributed by atoms with Gasteiger partial charge in [-0.05, 0) is 25.1 Å². The van der Waals surface area contributed by atoms with Crippen LogP contribution in [0.5, 0.6) is 0 Å². The highest BCUT2D eigenvalue weighted by atomic mass is 32.2. The van der Waals surface area contributed by atoms with Gasteiger partial charge in [-0.1, -0.05) is 12.1 Å². The molecule has 0 radical (unpaired) electrons. The second-order valence-corrected chi connectivity index (χ2v) is 7.65. The average molecular weight is 334 g/mol. The van der Waals surface area contributed by atoms with Gasteiger partial charge in [-0.25, -0.2) is 8.42 Å². The summed E-state index contributed by atoms with van der Waals surface area (Å²) in [4.78, 5) is 6.66. The van der Waals surface area contributed by atoms with E-state index in [1.807, 2.05) is 6.07 Å². The number of pyridine rings is 1. The number of nitrogens with zero attached hydrogens (tertiary/aromatic N) is 3. The molecule has 0 bridgehead atoms. The first-order valence-electron chi connectivity index (χ1n) is 7.88. The number of rotatable bonds is 4. The molecule has 124 valence electrons. The molecule has 7 heteroatoms. The zero-order valence-electron chi connectivity index (χ0n) is 13.1. The van der Waals surface area contributed by atoms with Gasteiger partial charge in [-0.15, -0.1) is 0 Å². The van der Waals surface area contributed by atoms with E-state index in [2.05, 4.69) is 9.88 Å². The van der Waals surface area contributed by atoms with Gasteiger partial charge in [0.15, 0.2) is 0 Å². The lowest BCUT2D eigenvalue weighted by molar-refractivity contribution is 0.294. The van der Waals surface area contributed by atoms with E-state index < -0.39 is 10.0 Å². The van der Waals surface area contributed by atoms with Crippen molar-refractivity contribution in [1.82, 2.24) is 14.2 Å². The molecule has 1 aliphatic heterocycles. The summed E-state index contributed by atoms with van der Waals surface area (Å²) in [5.41, 5.74) is 5.60. The first kappa shape index (κ1) is 16.3. The Morgan fingerprint density at radius 3 is 2.83 bits per heavy atom. The lowest BCUT2D eigenvalue weighted by atomic mass is 10.2. The minimum absolute atomic E-state index is 0.365. The zero-order chi connectivity index (χ0) is 16.3. The fourth-order valence-corrected chi connectivity index (χ4v) is 4.73. The second kappa shape index (κ2) is 6.92. The maximum absolute atomic E-state index is 13.1. The molecule has 2 N–H and O–H groups in total. The largest absolute Gasteiger partial charge is 0.329 e. The summed E-state index contributed by atoms with van der Waals surface area (Å²) in [6, 6.07) is 7.10. The Labute approximate surface area is 137 Å². The van der Waals surface area contributed by atoms with Crippen LogP contribution < -0.4 is 5.73 Å². The molecular formula is C16H22N4O2S. The molecule has 6 nitrogen and oxygen atoms in total. The van der Waals surface area contributed by atoms with E-state index in [0.717, 1.165) is 36.8 Å². The van der Waals surface area contributed by atoms with Crippen LogP contribution in [0.15, 0.2) is 41.6 Å². The molecule has 0 unspecified atom stereocenters. The Kier molecular flexibility index (Phi) is 4.91. The van der Waals surface area contributed by atoms with Crippen molar-refractivity contribution in [2.75, 3.05) is 39.3 Å². The average Bonchev–Trinajstić information content (AvgIpc) is 2.81. The molecule has 1 aromatic heterocycles. The summed E-state index contributed by atoms with van der Waals surface area (Å²) in [7, 11) is -3.50. The number of sulfonamides is 1. The molecule has 0 amide bonds. The van der Waals surface area contributed by atoms with Crippen molar-refractivity contribution in [2.45, 2.75) is 11.3 Å². The van der Waals surface area contributed by atoms with E-state index in [-0.39, 0.29) is 0 Å². The van der Waals surface area contributed by atoms with Crippen LogP contribution in [-0.2, 0) is 10.0 Å². The van der Waals surface area contributed by atoms with E-state index in [1.54, 1.807) is 34.9 Å². The Bertz CT molecular complexity index is 773. The molecule has 0 spiro atoms. The molecule has 0 aliphatic carbocycles. The number of nitrogens with two attached hydrogens (primary N) is 1. The molecule has 1 aromatic carbocycles. The van der Waals surface area contributed by atoms with Crippen LogP contribution in [0.1, 0.15) is 6.42 Å². The van der Waals surface area contributed by atoms with Gasteiger partial charge in [0.2, 0.25) is 10.0 Å². The Morgan fingerprint density at radius 2 is 2.00 bits per heavy atom. The molecule has 23 heavy (non-hydrogen) atoms. The van der Waals surface area contributed by atoms with Gasteiger partial charge in [-0.3, -0.25) is 4.98 Å². The molecule has 3 rings (SSSR count). The third-order valence-electron chi connectivity index (χ3n) is 4.25. The van der Waals surface area contributed by atoms with Crippen LogP contribution in [0.4, 0.5) is 0 Å². The lowest BCUT2D eigenvalue weighted by Gasteiger charge is -2.22. The van der Waals surface area contributed by atoms with E-state index >= 15 is 0 Å². The highest BCUT2D eigenvalue weighted by Crippen LogP contribution is 2.25. The quantitative estimate of drug-likeness (QED) is 0.898. The van der Waals surface area contributed by atoms with Crippen molar-refractivity contribution in [3.63, 3.8) is 0 Å². The highest BCUT2D eigenvalue weighted by Gasteiger charge is 2.28. The van der Waals surface area contributed by atoms with Gasteiger partial charge in [-0.2, -0.15) is 4.31 Å². The number of benzene rings is 1. The van der Waals surface area contributed by atoms with Gasteiger partial charge in [0.25, 0.3) is 0 Å². The fourth-order valence-electron chi connectivity index (χ4n) is 3.05. The van der Waals surface area contributed by atoms with E-state index in [9.17, 15) is 8.42 Å². The normalized spacial score (nSPS) is 18.1. The van der Waals surface area contributed by atoms with Crippen molar-refractivity contribution in [3.8, 4) is 0 Å². The molecule has 1 saturated heterocycles. The molecule has 1 aliphatic rings. The van der Waals surface area contributed by atoms with Crippen molar-refractivity contribution >= 4 is 20.8 Å². The predicted molar refractivity (Wildman–Crippen MR) is 90.6 cm³/mol. The standard InChI is InChI=1S/C16H22N4O2S/c17-6-10-19-8-2-9-20(12-11-19)23(21,22)16-4-1-3-14-13-18-7-5-15(14)16/h1,3-5,7,13H,2,6,8-12,17H2. The lowest BCUT2D eigenvalue weighted by Crippen LogP contribution is -2.36. The van der Waals surface area contributed by atoms with E-state index in [4.69, 9.17) is 5.73 Å². The first-order chi connectivity index (χ1) is 11.1. The topological polar surface area (TPSA) is 79.5 Å². The molecule has 2 heterocycles. The van der Waals surface area contributed by atoms with Crippen molar-refractivity contribution in [2.24, 2.45) is 5.73 Å². The summed E-state index contributed by atoms with van der Waals surface area (Å²) in [5, 5.41) is 1.57. The Hall–Kier alpha value is -1.54. The minimum atomic E-state index is -3.50. The SMILES string of the molecule is NCCN1CCCN(S(=O)(=O)c2cccc3cnccc23)CC1. The summed E-state index contributed by atoms with van der Waals surface area (Å²) in [5.74, 6) is 0. The van der Waals surface area contributed by atoms with E-state index in [0.29, 0.717) is 24.5 Å². The van der Waals surface area contributed by atoms with Crippen LogP contribution in [-0.4, -0.2) is 61.9 Å². The van der Waals surface area contributed by atoms with Crippen molar-refractivity contribution < 1.29 is 8.42 Å². The summed E-state index contributed by atoms with van der Waals surface area (Å²) in [6.07, 6.45) is 4.15. The molecular weight excluding hydrogens is 312 g/mol. The fraction of sp³-hybridized carbons (Fsp3) is 0.438. The highest BCUT2D eigenvalue weighted by molar-refractivity contribution is 7.89. The number of hydrogen-bond acceptors (Lipinski definition) is 5. The maximum Gasteiger partial charge on any atom is 0.243 e. The summed E-state index contributed by atoms with van der Waals surface area (Å²) < 4.78 is 27.8. The van der Waals surface area contributed by atoms with Crippen LogP contribution in [0.2, 0.25) is 0 Å². The van der Waals surface area contributed by atoms with Gasteiger partial charge < -0.3 is 10.6 Å². The minimum Gasteiger partial charge on any atom is -0.329 e. The van der Waals surface area contributed by atoms with Gasteiger partial charge in [0.05, 0.1) is 4.90 Å². The molecule has 0 atom stereocenters. The number of fused-ring (bicyclic) bond motifs is 1. The number of hydrogen-bond donors (Lipinski definition) is 1. The zero-order valence-corrected chi connectivity index (χ0v) is 13.9. The van der Waals surface area contributed by atoms with Crippen LogP contribution in [0, 0.1) is 0 Å². The second-order valence-electron chi connectivity index (χ2n) is 5.74. The molecule has 1 fully saturated rings. The third kappa shape index (κ3) is 3.37. The van der Waals surface area contributed by atoms with Crippen molar-refractivity contribution in [1.29, 1.82) is 0 Å². The number of aromatic nitrogens is 1. The first-order valence-corrected chi connectivity index (χ1v) is 9.32. The van der Waals surface area contributed by atoms with E-state index in [1.165, 1.54) is 0 Å². The predicted octanol–water partition coefficient (Wildman–Crippen LogP) is 0.890. The summed E-state index contributed by atoms with van der Waals surface area (Å²) in [6.45, 7) is 4.08. The van der Waals surface area contributed by atoms with Gasteiger partial charge in [0.1, 0.15) is 0 Å². The third-order valence-corrected chi connectivity index (χ3v) is 6.21.